The highest BCUT2D eigenvalue weighted by Crippen LogP contribution is 2.16. The maximum atomic E-state index is 11.3. The van der Waals surface area contributed by atoms with Gasteiger partial charge in [0.15, 0.2) is 6.10 Å². The van der Waals surface area contributed by atoms with Crippen molar-refractivity contribution in [3.05, 3.63) is 35.9 Å². The molecule has 0 spiro atoms. The number of carbonyl (C=O) groups is 1. The van der Waals surface area contributed by atoms with Crippen molar-refractivity contribution >= 4 is 5.91 Å². The maximum absolute atomic E-state index is 11.3. The molecule has 0 bridgehead atoms. The van der Waals surface area contributed by atoms with Gasteiger partial charge in [0.1, 0.15) is 0 Å². The lowest BCUT2D eigenvalue weighted by Crippen LogP contribution is -2.35. The summed E-state index contributed by atoms with van der Waals surface area (Å²) in [4.78, 5) is 11.3. The molecule has 1 unspecified atom stereocenters. The summed E-state index contributed by atoms with van der Waals surface area (Å²) in [5, 5.41) is 0. The lowest BCUT2D eigenvalue weighted by Gasteiger charge is -2.15. The zero-order valence-electron chi connectivity index (χ0n) is 8.07. The van der Waals surface area contributed by atoms with Gasteiger partial charge in [-0.25, -0.2) is 5.84 Å². The van der Waals surface area contributed by atoms with Crippen molar-refractivity contribution in [2.24, 2.45) is 5.84 Å². The van der Waals surface area contributed by atoms with Gasteiger partial charge in [-0.15, -0.1) is 0 Å². The zero-order valence-corrected chi connectivity index (χ0v) is 8.07. The van der Waals surface area contributed by atoms with E-state index in [9.17, 15) is 4.79 Å². The van der Waals surface area contributed by atoms with Gasteiger partial charge >= 0.3 is 0 Å². The third-order valence-corrected chi connectivity index (χ3v) is 1.82. The summed E-state index contributed by atoms with van der Waals surface area (Å²) in [7, 11) is 0. The van der Waals surface area contributed by atoms with Crippen LogP contribution in [0.2, 0.25) is 0 Å². The van der Waals surface area contributed by atoms with E-state index in [1.165, 1.54) is 0 Å². The van der Waals surface area contributed by atoms with Gasteiger partial charge in [-0.2, -0.15) is 0 Å². The molecule has 76 valence electrons. The first kappa shape index (κ1) is 10.7. The average Bonchev–Trinajstić information content (AvgIpc) is 2.26. The third kappa shape index (κ3) is 2.55. The standard InChI is InChI=1S/C10H14N2O2/c1-2-14-9(10(13)12-11)8-6-4-3-5-7-8/h3-7,9H,2,11H2,1H3,(H,12,13). The van der Waals surface area contributed by atoms with Crippen LogP contribution in [0.3, 0.4) is 0 Å². The molecule has 4 heteroatoms. The highest BCUT2D eigenvalue weighted by molar-refractivity contribution is 5.81. The Hall–Kier alpha value is -1.39. The Bertz CT molecular complexity index is 287. The zero-order chi connectivity index (χ0) is 10.4. The van der Waals surface area contributed by atoms with Crippen LogP contribution in [0.4, 0.5) is 0 Å². The van der Waals surface area contributed by atoms with Crippen LogP contribution in [0.1, 0.15) is 18.6 Å². The first-order valence-electron chi connectivity index (χ1n) is 4.46. The predicted molar refractivity (Wildman–Crippen MR) is 53.1 cm³/mol. The van der Waals surface area contributed by atoms with Crippen molar-refractivity contribution in [3.8, 4) is 0 Å². The number of hydrogen-bond donors (Lipinski definition) is 2. The van der Waals surface area contributed by atoms with Crippen molar-refractivity contribution in [1.82, 2.24) is 5.43 Å². The van der Waals surface area contributed by atoms with E-state index in [4.69, 9.17) is 10.6 Å². The molecule has 0 aliphatic rings. The minimum atomic E-state index is -0.619. The molecule has 1 rings (SSSR count). The Balaban J connectivity index is 2.83. The van der Waals surface area contributed by atoms with Crippen LogP contribution in [0.15, 0.2) is 30.3 Å². The van der Waals surface area contributed by atoms with E-state index in [-0.39, 0.29) is 5.91 Å². The summed E-state index contributed by atoms with van der Waals surface area (Å²) in [5.74, 6) is 4.73. The minimum Gasteiger partial charge on any atom is -0.364 e. The lowest BCUT2D eigenvalue weighted by atomic mass is 10.1. The number of hydrogen-bond acceptors (Lipinski definition) is 3. The summed E-state index contributed by atoms with van der Waals surface area (Å²) in [6.45, 7) is 2.30. The van der Waals surface area contributed by atoms with Crippen molar-refractivity contribution in [2.75, 3.05) is 6.61 Å². The van der Waals surface area contributed by atoms with Crippen LogP contribution in [0.25, 0.3) is 0 Å². The fourth-order valence-electron chi connectivity index (χ4n) is 1.19. The molecule has 0 heterocycles. The molecule has 14 heavy (non-hydrogen) atoms. The number of rotatable bonds is 4. The van der Waals surface area contributed by atoms with E-state index in [1.807, 2.05) is 37.3 Å². The van der Waals surface area contributed by atoms with E-state index in [0.29, 0.717) is 6.61 Å². The fraction of sp³-hybridized carbons (Fsp3) is 0.300. The molecule has 1 amide bonds. The van der Waals surface area contributed by atoms with Gasteiger partial charge in [-0.1, -0.05) is 30.3 Å². The van der Waals surface area contributed by atoms with Crippen molar-refractivity contribution in [2.45, 2.75) is 13.0 Å². The molecule has 0 saturated heterocycles. The van der Waals surface area contributed by atoms with Gasteiger partial charge in [-0.3, -0.25) is 10.2 Å². The fourth-order valence-corrected chi connectivity index (χ4v) is 1.19. The van der Waals surface area contributed by atoms with Gasteiger partial charge in [0.25, 0.3) is 5.91 Å². The first-order chi connectivity index (χ1) is 6.79. The number of carbonyl (C=O) groups excluding carboxylic acids is 1. The van der Waals surface area contributed by atoms with Crippen LogP contribution < -0.4 is 11.3 Å². The Morgan fingerprint density at radius 2 is 2.14 bits per heavy atom. The Morgan fingerprint density at radius 1 is 1.50 bits per heavy atom. The SMILES string of the molecule is CCOC(C(=O)NN)c1ccccc1. The summed E-state index contributed by atoms with van der Waals surface area (Å²) in [6, 6.07) is 9.24. The van der Waals surface area contributed by atoms with E-state index < -0.39 is 6.10 Å². The predicted octanol–water partition coefficient (Wildman–Crippen LogP) is 0.754. The number of nitrogens with one attached hydrogen (secondary N) is 1. The van der Waals surface area contributed by atoms with Crippen LogP contribution in [0.5, 0.6) is 0 Å². The lowest BCUT2D eigenvalue weighted by molar-refractivity contribution is -0.133. The second-order valence-corrected chi connectivity index (χ2v) is 2.75. The molecular formula is C10H14N2O2. The smallest absolute Gasteiger partial charge is 0.267 e. The summed E-state index contributed by atoms with van der Waals surface area (Å²) in [5.41, 5.74) is 2.89. The molecule has 1 aromatic rings. The molecule has 0 saturated carbocycles. The van der Waals surface area contributed by atoms with Crippen molar-refractivity contribution < 1.29 is 9.53 Å². The monoisotopic (exact) mass is 194 g/mol. The molecule has 4 nitrogen and oxygen atoms in total. The van der Waals surface area contributed by atoms with Gasteiger partial charge in [-0.05, 0) is 12.5 Å². The van der Waals surface area contributed by atoms with Crippen molar-refractivity contribution in [3.63, 3.8) is 0 Å². The largest absolute Gasteiger partial charge is 0.364 e. The number of amides is 1. The van der Waals surface area contributed by atoms with E-state index in [0.717, 1.165) is 5.56 Å². The number of benzene rings is 1. The highest BCUT2D eigenvalue weighted by Gasteiger charge is 2.18. The third-order valence-electron chi connectivity index (χ3n) is 1.82. The number of nitrogens with two attached hydrogens (primary N) is 1. The number of ether oxygens (including phenoxy) is 1. The number of hydrazine groups is 1. The van der Waals surface area contributed by atoms with E-state index in [1.54, 1.807) is 0 Å². The van der Waals surface area contributed by atoms with Crippen LogP contribution in [-0.2, 0) is 9.53 Å². The molecule has 1 atom stereocenters. The summed E-state index contributed by atoms with van der Waals surface area (Å²) in [6.07, 6.45) is -0.619. The average molecular weight is 194 g/mol. The normalized spacial score (nSPS) is 12.1. The van der Waals surface area contributed by atoms with Crippen LogP contribution in [-0.4, -0.2) is 12.5 Å². The van der Waals surface area contributed by atoms with Crippen molar-refractivity contribution in [1.29, 1.82) is 0 Å². The molecule has 0 fully saturated rings. The first-order valence-corrected chi connectivity index (χ1v) is 4.46. The second-order valence-electron chi connectivity index (χ2n) is 2.75. The van der Waals surface area contributed by atoms with E-state index in [2.05, 4.69) is 5.43 Å². The van der Waals surface area contributed by atoms with Crippen LogP contribution >= 0.6 is 0 Å². The van der Waals surface area contributed by atoms with Gasteiger partial charge in [0.2, 0.25) is 0 Å². The van der Waals surface area contributed by atoms with Crippen LogP contribution in [0, 0.1) is 0 Å². The molecule has 3 N–H and O–H groups in total. The summed E-state index contributed by atoms with van der Waals surface area (Å²) >= 11 is 0. The van der Waals surface area contributed by atoms with E-state index >= 15 is 0 Å². The highest BCUT2D eigenvalue weighted by atomic mass is 16.5. The topological polar surface area (TPSA) is 64.3 Å². The molecule has 0 aliphatic carbocycles. The Labute approximate surface area is 83.0 Å². The molecule has 0 aliphatic heterocycles. The second kappa shape index (κ2) is 5.36. The van der Waals surface area contributed by atoms with Gasteiger partial charge in [0.05, 0.1) is 0 Å². The quantitative estimate of drug-likeness (QED) is 0.422. The Morgan fingerprint density at radius 3 is 2.64 bits per heavy atom. The van der Waals surface area contributed by atoms with Gasteiger partial charge in [0, 0.05) is 6.61 Å². The molecule has 0 aromatic heterocycles. The Kier molecular flexibility index (Phi) is 4.10. The van der Waals surface area contributed by atoms with Gasteiger partial charge < -0.3 is 4.74 Å². The molecular weight excluding hydrogens is 180 g/mol. The molecule has 0 radical (unpaired) electrons. The maximum Gasteiger partial charge on any atom is 0.267 e. The minimum absolute atomic E-state index is 0.335. The summed E-state index contributed by atoms with van der Waals surface area (Å²) < 4.78 is 5.29. The molecule has 1 aromatic carbocycles.